The van der Waals surface area contributed by atoms with Gasteiger partial charge in [-0.2, -0.15) is 0 Å². The number of benzene rings is 2. The highest BCUT2D eigenvalue weighted by Crippen LogP contribution is 2.51. The van der Waals surface area contributed by atoms with Gasteiger partial charge in [-0.15, -0.1) is 0 Å². The largest absolute Gasteiger partial charge is 0.361 e. The summed E-state index contributed by atoms with van der Waals surface area (Å²) in [4.78, 5) is 37.5. The zero-order valence-corrected chi connectivity index (χ0v) is 18.0. The third-order valence-electron chi connectivity index (χ3n) is 6.33. The second-order valence-electron chi connectivity index (χ2n) is 8.22. The van der Waals surface area contributed by atoms with Crippen molar-refractivity contribution in [3.8, 4) is 0 Å². The van der Waals surface area contributed by atoms with E-state index in [4.69, 9.17) is 4.74 Å². The minimum absolute atomic E-state index is 0.142. The van der Waals surface area contributed by atoms with Crippen molar-refractivity contribution >= 4 is 27.5 Å². The van der Waals surface area contributed by atoms with Crippen molar-refractivity contribution in [1.82, 2.24) is 9.62 Å². The quantitative estimate of drug-likeness (QED) is 0.280. The van der Waals surface area contributed by atoms with Crippen LogP contribution in [-0.2, 0) is 30.9 Å². The maximum Gasteiger partial charge on any atom is 0.269 e. The lowest BCUT2D eigenvalue weighted by atomic mass is 9.77. The lowest BCUT2D eigenvalue weighted by molar-refractivity contribution is -0.384. The number of carbonyl (C=O) groups excluding carboxylic acids is 2. The van der Waals surface area contributed by atoms with Gasteiger partial charge in [-0.25, -0.2) is 13.1 Å². The van der Waals surface area contributed by atoms with Crippen LogP contribution in [0.4, 0.5) is 5.69 Å². The lowest BCUT2D eigenvalue weighted by Crippen LogP contribution is -2.48. The zero-order valence-electron chi connectivity index (χ0n) is 17.2. The number of nitrogens with one attached hydrogen (secondary N) is 1. The van der Waals surface area contributed by atoms with Gasteiger partial charge in [-0.3, -0.25) is 24.6 Å². The SMILES string of the molecule is O=C1[C@H]2[C@@H]3C=C[C@@](CNS(=O)(=O)c4ccc([N+](=O)[O-])cc4)(O3)[C@@H]2C(=O)N1Cc1ccccc1. The molecule has 2 amide bonds. The van der Waals surface area contributed by atoms with Gasteiger partial charge in [0.25, 0.3) is 5.69 Å². The molecule has 2 fully saturated rings. The number of nitrogens with zero attached hydrogens (tertiary/aromatic N) is 2. The minimum Gasteiger partial charge on any atom is -0.361 e. The summed E-state index contributed by atoms with van der Waals surface area (Å²) in [5, 5.41) is 10.8. The number of carbonyl (C=O) groups is 2. The first-order valence-corrected chi connectivity index (χ1v) is 11.7. The summed E-state index contributed by atoms with van der Waals surface area (Å²) >= 11 is 0. The van der Waals surface area contributed by atoms with Crippen LogP contribution < -0.4 is 4.72 Å². The van der Waals surface area contributed by atoms with Gasteiger partial charge in [-0.1, -0.05) is 42.5 Å². The van der Waals surface area contributed by atoms with Gasteiger partial charge in [0.1, 0.15) is 5.60 Å². The Bertz CT molecular complexity index is 1280. The van der Waals surface area contributed by atoms with E-state index in [1.54, 1.807) is 12.2 Å². The van der Waals surface area contributed by atoms with Gasteiger partial charge >= 0.3 is 0 Å². The molecule has 170 valence electrons. The number of fused-ring (bicyclic) bond motifs is 5. The van der Waals surface area contributed by atoms with E-state index in [1.165, 1.54) is 4.90 Å². The molecule has 1 N–H and O–H groups in total. The van der Waals surface area contributed by atoms with Crippen LogP contribution >= 0.6 is 0 Å². The topological polar surface area (TPSA) is 136 Å². The number of hydrogen-bond donors (Lipinski definition) is 1. The lowest BCUT2D eigenvalue weighted by Gasteiger charge is -2.29. The molecular formula is C22H19N3O7S. The Morgan fingerprint density at radius 2 is 1.76 bits per heavy atom. The molecule has 0 radical (unpaired) electrons. The molecule has 11 heteroatoms. The number of non-ortho nitro benzene ring substituents is 1. The molecular weight excluding hydrogens is 450 g/mol. The molecule has 0 aliphatic carbocycles. The van der Waals surface area contributed by atoms with Gasteiger partial charge < -0.3 is 4.74 Å². The van der Waals surface area contributed by atoms with E-state index in [0.717, 1.165) is 29.8 Å². The molecule has 2 bridgehead atoms. The number of sulfonamides is 1. The maximum absolute atomic E-state index is 13.2. The fourth-order valence-corrected chi connectivity index (χ4v) is 5.80. The molecule has 5 rings (SSSR count). The van der Waals surface area contributed by atoms with Crippen molar-refractivity contribution in [2.75, 3.05) is 6.54 Å². The van der Waals surface area contributed by atoms with Gasteiger partial charge in [0, 0.05) is 18.7 Å². The monoisotopic (exact) mass is 469 g/mol. The predicted molar refractivity (Wildman–Crippen MR) is 114 cm³/mol. The van der Waals surface area contributed by atoms with E-state index < -0.39 is 44.4 Å². The molecule has 2 saturated heterocycles. The predicted octanol–water partition coefficient (Wildman–Crippen LogP) is 1.38. The van der Waals surface area contributed by atoms with Crippen molar-refractivity contribution in [1.29, 1.82) is 0 Å². The average molecular weight is 469 g/mol. The molecule has 33 heavy (non-hydrogen) atoms. The summed E-state index contributed by atoms with van der Waals surface area (Å²) in [6.07, 6.45) is 2.74. The highest BCUT2D eigenvalue weighted by Gasteiger charge is 2.67. The molecule has 3 heterocycles. The molecule has 2 aromatic carbocycles. The van der Waals surface area contributed by atoms with E-state index in [9.17, 15) is 28.1 Å². The number of imide groups is 1. The molecule has 0 unspecified atom stereocenters. The van der Waals surface area contributed by atoms with E-state index in [1.807, 2.05) is 30.3 Å². The summed E-state index contributed by atoms with van der Waals surface area (Å²) in [6, 6.07) is 13.6. The molecule has 10 nitrogen and oxygen atoms in total. The van der Waals surface area contributed by atoms with Crippen molar-refractivity contribution < 1.29 is 27.7 Å². The third-order valence-corrected chi connectivity index (χ3v) is 7.74. The van der Waals surface area contributed by atoms with Crippen LogP contribution in [-0.4, -0.2) is 48.3 Å². The minimum atomic E-state index is -4.04. The highest BCUT2D eigenvalue weighted by atomic mass is 32.2. The fourth-order valence-electron chi connectivity index (χ4n) is 4.73. The smallest absolute Gasteiger partial charge is 0.269 e. The summed E-state index contributed by atoms with van der Waals surface area (Å²) in [5.41, 5.74) is -0.695. The first kappa shape index (κ1) is 21.4. The molecule has 0 aromatic heterocycles. The Labute approximate surface area is 189 Å². The Morgan fingerprint density at radius 3 is 2.42 bits per heavy atom. The van der Waals surface area contributed by atoms with Gasteiger partial charge in [0.15, 0.2) is 0 Å². The summed E-state index contributed by atoms with van der Waals surface area (Å²) < 4.78 is 33.9. The second-order valence-corrected chi connectivity index (χ2v) is 9.99. The van der Waals surface area contributed by atoms with Crippen LogP contribution in [0.25, 0.3) is 0 Å². The van der Waals surface area contributed by atoms with Crippen molar-refractivity contribution in [3.63, 3.8) is 0 Å². The molecule has 2 aromatic rings. The van der Waals surface area contributed by atoms with Crippen LogP contribution in [0.2, 0.25) is 0 Å². The summed E-state index contributed by atoms with van der Waals surface area (Å²) in [7, 11) is -4.04. The third kappa shape index (κ3) is 3.45. The number of nitro benzene ring substituents is 1. The summed E-state index contributed by atoms with van der Waals surface area (Å²) in [6.45, 7) is -0.110. The van der Waals surface area contributed by atoms with Crippen LogP contribution in [0.5, 0.6) is 0 Å². The normalized spacial score (nSPS) is 27.9. The Kier molecular flexibility index (Phi) is 4.92. The Balaban J connectivity index is 1.36. The van der Waals surface area contributed by atoms with E-state index >= 15 is 0 Å². The number of ether oxygens (including phenoxy) is 1. The van der Waals surface area contributed by atoms with Crippen molar-refractivity contribution in [3.05, 3.63) is 82.4 Å². The van der Waals surface area contributed by atoms with E-state index in [-0.39, 0.29) is 29.6 Å². The average Bonchev–Trinajstić information content (AvgIpc) is 3.45. The van der Waals surface area contributed by atoms with E-state index in [2.05, 4.69) is 4.72 Å². The van der Waals surface area contributed by atoms with Gasteiger partial charge in [0.05, 0.1) is 34.3 Å². The second kappa shape index (κ2) is 7.58. The number of likely N-dealkylation sites (tertiary alicyclic amines) is 1. The molecule has 4 atom stereocenters. The first-order valence-electron chi connectivity index (χ1n) is 10.2. The first-order chi connectivity index (χ1) is 15.7. The molecule has 3 aliphatic heterocycles. The highest BCUT2D eigenvalue weighted by molar-refractivity contribution is 7.89. The number of nitro groups is 1. The van der Waals surface area contributed by atoms with Crippen LogP contribution in [0.3, 0.4) is 0 Å². The van der Waals surface area contributed by atoms with Crippen LogP contribution in [0, 0.1) is 22.0 Å². The maximum atomic E-state index is 13.2. The summed E-state index contributed by atoms with van der Waals surface area (Å²) in [5.74, 6) is -2.25. The molecule has 0 saturated carbocycles. The van der Waals surface area contributed by atoms with Gasteiger partial charge in [0.2, 0.25) is 21.8 Å². The van der Waals surface area contributed by atoms with Crippen LogP contribution in [0.1, 0.15) is 5.56 Å². The Morgan fingerprint density at radius 1 is 1.06 bits per heavy atom. The van der Waals surface area contributed by atoms with E-state index in [0.29, 0.717) is 0 Å². The zero-order chi connectivity index (χ0) is 23.4. The van der Waals surface area contributed by atoms with Crippen LogP contribution in [0.15, 0.2) is 71.6 Å². The molecule has 3 aliphatic rings. The Hall–Kier alpha value is -3.41. The molecule has 0 spiro atoms. The van der Waals surface area contributed by atoms with Gasteiger partial charge in [-0.05, 0) is 17.7 Å². The standard InChI is InChI=1S/C22H19N3O7S/c26-20-18-17-10-11-22(32-17,19(18)21(27)24(20)12-14-4-2-1-3-5-14)13-23-33(30,31)16-8-6-15(7-9-16)25(28)29/h1-11,17-19,23H,12-13H2/t17-,18-,19-,22-/m0/s1. The van der Waals surface area contributed by atoms with Crippen molar-refractivity contribution in [2.45, 2.75) is 23.1 Å². The fraction of sp³-hybridized carbons (Fsp3) is 0.273. The number of amides is 2. The van der Waals surface area contributed by atoms with Crippen molar-refractivity contribution in [2.24, 2.45) is 11.8 Å². The number of hydrogen-bond acceptors (Lipinski definition) is 7. The number of rotatable bonds is 7.